The molecule has 2 N–H and O–H groups in total. The molecule has 1 aromatic heterocycles. The van der Waals surface area contributed by atoms with Crippen LogP contribution >= 0.6 is 0 Å². The zero-order valence-electron chi connectivity index (χ0n) is 12.4. The molecule has 108 valence electrons. The zero-order valence-corrected chi connectivity index (χ0v) is 12.4. The Balaban J connectivity index is 2.33. The molecule has 0 saturated heterocycles. The molecule has 0 fully saturated rings. The van der Waals surface area contributed by atoms with E-state index in [2.05, 4.69) is 18.1 Å². The Bertz CT molecular complexity index is 587. The summed E-state index contributed by atoms with van der Waals surface area (Å²) in [5, 5.41) is 4.51. The van der Waals surface area contributed by atoms with Gasteiger partial charge in [-0.3, -0.25) is 4.68 Å². The summed E-state index contributed by atoms with van der Waals surface area (Å²) in [6.45, 7) is 6.78. The molecule has 0 aliphatic carbocycles. The van der Waals surface area contributed by atoms with E-state index in [-0.39, 0.29) is 5.82 Å². The van der Waals surface area contributed by atoms with Gasteiger partial charge in [-0.1, -0.05) is 25.1 Å². The van der Waals surface area contributed by atoms with Crippen molar-refractivity contribution in [1.82, 2.24) is 9.78 Å². The molecule has 0 saturated carbocycles. The summed E-state index contributed by atoms with van der Waals surface area (Å²) < 4.78 is 15.9. The number of halogens is 1. The number of aromatic nitrogens is 2. The third-order valence-corrected chi connectivity index (χ3v) is 3.61. The van der Waals surface area contributed by atoms with Crippen LogP contribution in [0.25, 0.3) is 0 Å². The molecule has 2 aromatic rings. The van der Waals surface area contributed by atoms with Crippen LogP contribution in [0.4, 0.5) is 4.39 Å². The van der Waals surface area contributed by atoms with E-state index >= 15 is 0 Å². The number of hydrogen-bond acceptors (Lipinski definition) is 2. The van der Waals surface area contributed by atoms with Crippen molar-refractivity contribution in [3.63, 3.8) is 0 Å². The van der Waals surface area contributed by atoms with Crippen molar-refractivity contribution in [2.45, 2.75) is 45.7 Å². The first-order valence-electron chi connectivity index (χ1n) is 7.07. The first-order chi connectivity index (χ1) is 9.47. The Morgan fingerprint density at radius 3 is 2.60 bits per heavy atom. The molecule has 2 rings (SSSR count). The minimum atomic E-state index is -0.747. The normalized spacial score (nSPS) is 14.2. The Morgan fingerprint density at radius 2 is 2.00 bits per heavy atom. The van der Waals surface area contributed by atoms with Gasteiger partial charge in [0.1, 0.15) is 5.82 Å². The Kier molecular flexibility index (Phi) is 4.23. The average molecular weight is 275 g/mol. The van der Waals surface area contributed by atoms with Gasteiger partial charge in [0.25, 0.3) is 0 Å². The quantitative estimate of drug-likeness (QED) is 0.911. The molecule has 3 nitrogen and oxygen atoms in total. The van der Waals surface area contributed by atoms with E-state index in [0.717, 1.165) is 24.4 Å². The molecule has 0 bridgehead atoms. The summed E-state index contributed by atoms with van der Waals surface area (Å²) >= 11 is 0. The summed E-state index contributed by atoms with van der Waals surface area (Å²) in [6.07, 6.45) is 1.45. The van der Waals surface area contributed by atoms with Crippen LogP contribution in [0.2, 0.25) is 0 Å². The second kappa shape index (κ2) is 5.75. The summed E-state index contributed by atoms with van der Waals surface area (Å²) in [5.74, 6) is -0.254. The SMILES string of the molecule is CCc1cc(CC(C)(N)c2ccccc2F)n(CC)n1. The van der Waals surface area contributed by atoms with Crippen molar-refractivity contribution in [2.24, 2.45) is 5.73 Å². The van der Waals surface area contributed by atoms with Gasteiger partial charge in [0.15, 0.2) is 0 Å². The molecular formula is C16H22FN3. The predicted octanol–water partition coefficient (Wildman–Crippen LogP) is 3.02. The van der Waals surface area contributed by atoms with Crippen LogP contribution in [0.3, 0.4) is 0 Å². The molecule has 0 radical (unpaired) electrons. The van der Waals surface area contributed by atoms with E-state index in [1.54, 1.807) is 12.1 Å². The van der Waals surface area contributed by atoms with Crippen LogP contribution in [-0.4, -0.2) is 9.78 Å². The highest BCUT2D eigenvalue weighted by molar-refractivity contribution is 5.27. The maximum Gasteiger partial charge on any atom is 0.128 e. The number of benzene rings is 1. The lowest BCUT2D eigenvalue weighted by atomic mass is 9.88. The highest BCUT2D eigenvalue weighted by atomic mass is 19.1. The van der Waals surface area contributed by atoms with Crippen molar-refractivity contribution in [3.05, 3.63) is 53.1 Å². The number of rotatable bonds is 5. The van der Waals surface area contributed by atoms with E-state index in [0.29, 0.717) is 12.0 Å². The van der Waals surface area contributed by atoms with Gasteiger partial charge in [0.05, 0.1) is 5.69 Å². The van der Waals surface area contributed by atoms with Crippen LogP contribution in [0, 0.1) is 5.82 Å². The zero-order chi connectivity index (χ0) is 14.8. The molecule has 20 heavy (non-hydrogen) atoms. The molecule has 1 aromatic carbocycles. The van der Waals surface area contributed by atoms with Crippen molar-refractivity contribution in [3.8, 4) is 0 Å². The van der Waals surface area contributed by atoms with Gasteiger partial charge in [0, 0.05) is 29.8 Å². The monoisotopic (exact) mass is 275 g/mol. The third-order valence-electron chi connectivity index (χ3n) is 3.61. The smallest absolute Gasteiger partial charge is 0.128 e. The van der Waals surface area contributed by atoms with E-state index in [1.807, 2.05) is 24.6 Å². The van der Waals surface area contributed by atoms with Gasteiger partial charge in [-0.2, -0.15) is 5.10 Å². The van der Waals surface area contributed by atoms with Gasteiger partial charge in [-0.25, -0.2) is 4.39 Å². The van der Waals surface area contributed by atoms with Gasteiger partial charge in [-0.05, 0) is 32.4 Å². The molecule has 0 aliphatic rings. The lowest BCUT2D eigenvalue weighted by molar-refractivity contribution is 0.438. The minimum absolute atomic E-state index is 0.254. The predicted molar refractivity (Wildman–Crippen MR) is 78.9 cm³/mol. The largest absolute Gasteiger partial charge is 0.321 e. The molecule has 1 atom stereocenters. The molecule has 0 amide bonds. The highest BCUT2D eigenvalue weighted by Gasteiger charge is 2.26. The molecule has 4 heteroatoms. The van der Waals surface area contributed by atoms with E-state index in [9.17, 15) is 4.39 Å². The molecular weight excluding hydrogens is 253 g/mol. The highest BCUT2D eigenvalue weighted by Crippen LogP contribution is 2.25. The van der Waals surface area contributed by atoms with Gasteiger partial charge in [-0.15, -0.1) is 0 Å². The van der Waals surface area contributed by atoms with Crippen molar-refractivity contribution < 1.29 is 4.39 Å². The first-order valence-corrected chi connectivity index (χ1v) is 7.07. The molecule has 1 unspecified atom stereocenters. The van der Waals surface area contributed by atoms with Gasteiger partial charge < -0.3 is 5.73 Å². The fraction of sp³-hybridized carbons (Fsp3) is 0.438. The van der Waals surface area contributed by atoms with Crippen LogP contribution in [0.15, 0.2) is 30.3 Å². The van der Waals surface area contributed by atoms with Crippen molar-refractivity contribution in [1.29, 1.82) is 0 Å². The molecule has 0 aliphatic heterocycles. The fourth-order valence-corrected chi connectivity index (χ4v) is 2.50. The maximum atomic E-state index is 13.9. The van der Waals surface area contributed by atoms with Crippen LogP contribution in [0.1, 0.15) is 37.7 Å². The summed E-state index contributed by atoms with van der Waals surface area (Å²) in [5.41, 5.74) is 8.26. The van der Waals surface area contributed by atoms with Crippen LogP contribution in [-0.2, 0) is 24.9 Å². The Labute approximate surface area is 119 Å². The second-order valence-electron chi connectivity index (χ2n) is 5.37. The van der Waals surface area contributed by atoms with Crippen molar-refractivity contribution >= 4 is 0 Å². The topological polar surface area (TPSA) is 43.8 Å². The fourth-order valence-electron chi connectivity index (χ4n) is 2.50. The lowest BCUT2D eigenvalue weighted by Crippen LogP contribution is -2.37. The Hall–Kier alpha value is -1.68. The van der Waals surface area contributed by atoms with Gasteiger partial charge in [0.2, 0.25) is 0 Å². The number of nitrogens with two attached hydrogens (primary N) is 1. The summed E-state index contributed by atoms with van der Waals surface area (Å²) in [7, 11) is 0. The summed E-state index contributed by atoms with van der Waals surface area (Å²) in [4.78, 5) is 0. The molecule has 0 spiro atoms. The average Bonchev–Trinajstić information content (AvgIpc) is 2.80. The van der Waals surface area contributed by atoms with Crippen LogP contribution < -0.4 is 5.73 Å². The van der Waals surface area contributed by atoms with Crippen molar-refractivity contribution in [2.75, 3.05) is 0 Å². The van der Waals surface area contributed by atoms with Gasteiger partial charge >= 0.3 is 0 Å². The second-order valence-corrected chi connectivity index (χ2v) is 5.37. The number of aryl methyl sites for hydroxylation is 2. The standard InChI is InChI=1S/C16H22FN3/c1-4-12-10-13(20(5-2)19-12)11-16(3,18)14-8-6-7-9-15(14)17/h6-10H,4-5,11,18H2,1-3H3. The van der Waals surface area contributed by atoms with E-state index < -0.39 is 5.54 Å². The third kappa shape index (κ3) is 2.90. The number of nitrogens with zero attached hydrogens (tertiary/aromatic N) is 2. The van der Waals surface area contributed by atoms with E-state index in [1.165, 1.54) is 6.07 Å². The minimum Gasteiger partial charge on any atom is -0.321 e. The van der Waals surface area contributed by atoms with E-state index in [4.69, 9.17) is 5.73 Å². The number of hydrogen-bond donors (Lipinski definition) is 1. The van der Waals surface area contributed by atoms with Crippen LogP contribution in [0.5, 0.6) is 0 Å². The Morgan fingerprint density at radius 1 is 1.30 bits per heavy atom. The lowest BCUT2D eigenvalue weighted by Gasteiger charge is -2.26. The first kappa shape index (κ1) is 14.7. The summed E-state index contributed by atoms with van der Waals surface area (Å²) in [6, 6.07) is 8.77. The molecule has 1 heterocycles. The maximum absolute atomic E-state index is 13.9.